The summed E-state index contributed by atoms with van der Waals surface area (Å²) in [6, 6.07) is 3.95. The third kappa shape index (κ3) is 2.48. The number of aromatic nitrogens is 1. The lowest BCUT2D eigenvalue weighted by Crippen LogP contribution is -2.34. The highest BCUT2D eigenvalue weighted by Gasteiger charge is 2.16. The zero-order valence-electron chi connectivity index (χ0n) is 9.19. The number of hydrogen-bond acceptors (Lipinski definition) is 3. The topological polar surface area (TPSA) is 36.4 Å². The van der Waals surface area contributed by atoms with Crippen LogP contribution in [0.4, 0.5) is 5.82 Å². The van der Waals surface area contributed by atoms with E-state index in [-0.39, 0.29) is 6.61 Å². The van der Waals surface area contributed by atoms with Crippen LogP contribution in [0.25, 0.3) is 0 Å². The van der Waals surface area contributed by atoms with E-state index in [1.807, 2.05) is 12.1 Å². The molecule has 2 rings (SSSR count). The Morgan fingerprint density at radius 1 is 1.53 bits per heavy atom. The molecular formula is C12H18N2O. The summed E-state index contributed by atoms with van der Waals surface area (Å²) in [7, 11) is 0. The molecule has 3 heteroatoms. The van der Waals surface area contributed by atoms with Crippen LogP contribution in [0.2, 0.25) is 0 Å². The van der Waals surface area contributed by atoms with Crippen LogP contribution in [-0.4, -0.2) is 23.2 Å². The van der Waals surface area contributed by atoms with Crippen molar-refractivity contribution >= 4 is 5.82 Å². The first kappa shape index (κ1) is 10.4. The Labute approximate surface area is 90.8 Å². The van der Waals surface area contributed by atoms with Gasteiger partial charge >= 0.3 is 0 Å². The Bertz CT molecular complexity index is 310. The lowest BCUT2D eigenvalue weighted by molar-refractivity contribution is 0.281. The van der Waals surface area contributed by atoms with Gasteiger partial charge in [-0.2, -0.15) is 0 Å². The molecule has 3 nitrogen and oxygen atoms in total. The summed E-state index contributed by atoms with van der Waals surface area (Å²) < 4.78 is 0. The normalized spacial score (nSPS) is 21.7. The molecule has 0 bridgehead atoms. The number of aliphatic hydroxyl groups excluding tert-OH is 1. The van der Waals surface area contributed by atoms with Gasteiger partial charge in [0.2, 0.25) is 0 Å². The Hall–Kier alpha value is -1.09. The van der Waals surface area contributed by atoms with Crippen molar-refractivity contribution in [2.45, 2.75) is 26.4 Å². The van der Waals surface area contributed by atoms with E-state index >= 15 is 0 Å². The van der Waals surface area contributed by atoms with Crippen LogP contribution in [-0.2, 0) is 6.61 Å². The summed E-state index contributed by atoms with van der Waals surface area (Å²) in [4.78, 5) is 6.70. The van der Waals surface area contributed by atoms with E-state index in [0.29, 0.717) is 0 Å². The van der Waals surface area contributed by atoms with Gasteiger partial charge in [0.25, 0.3) is 0 Å². The Balaban J connectivity index is 2.07. The first-order valence-corrected chi connectivity index (χ1v) is 5.60. The zero-order valence-corrected chi connectivity index (χ0v) is 9.19. The predicted molar refractivity (Wildman–Crippen MR) is 60.8 cm³/mol. The van der Waals surface area contributed by atoms with Gasteiger partial charge in [-0.3, -0.25) is 0 Å². The molecule has 0 aliphatic carbocycles. The smallest absolute Gasteiger partial charge is 0.128 e. The molecule has 0 amide bonds. The number of hydrogen-bond donors (Lipinski definition) is 1. The number of piperidine rings is 1. The van der Waals surface area contributed by atoms with Crippen molar-refractivity contribution in [1.82, 2.24) is 4.98 Å². The van der Waals surface area contributed by atoms with Crippen molar-refractivity contribution in [3.05, 3.63) is 23.9 Å². The number of pyridine rings is 1. The Morgan fingerprint density at radius 2 is 2.40 bits per heavy atom. The summed E-state index contributed by atoms with van der Waals surface area (Å²) in [6.45, 7) is 4.57. The van der Waals surface area contributed by atoms with Gasteiger partial charge in [0.05, 0.1) is 6.61 Å². The fourth-order valence-corrected chi connectivity index (χ4v) is 2.09. The molecule has 1 aromatic heterocycles. The maximum atomic E-state index is 8.93. The lowest BCUT2D eigenvalue weighted by atomic mass is 10.0. The zero-order chi connectivity index (χ0) is 10.7. The molecule has 0 radical (unpaired) electrons. The van der Waals surface area contributed by atoms with E-state index in [4.69, 9.17) is 5.11 Å². The van der Waals surface area contributed by atoms with Crippen LogP contribution in [0, 0.1) is 5.92 Å². The summed E-state index contributed by atoms with van der Waals surface area (Å²) in [5.74, 6) is 1.80. The first-order valence-electron chi connectivity index (χ1n) is 5.60. The molecule has 1 aliphatic rings. The highest BCUT2D eigenvalue weighted by molar-refractivity contribution is 5.39. The average molecular weight is 206 g/mol. The van der Waals surface area contributed by atoms with Gasteiger partial charge < -0.3 is 10.0 Å². The second-order valence-electron chi connectivity index (χ2n) is 4.38. The SMILES string of the molecule is CC1CCCN(c2ccc(CO)cn2)C1. The van der Waals surface area contributed by atoms with Crippen LogP contribution in [0.15, 0.2) is 18.3 Å². The minimum absolute atomic E-state index is 0.0731. The summed E-state index contributed by atoms with van der Waals surface area (Å²) in [5, 5.41) is 8.93. The molecule has 1 atom stereocenters. The molecule has 1 aliphatic heterocycles. The molecule has 1 aromatic rings. The minimum Gasteiger partial charge on any atom is -0.392 e. The highest BCUT2D eigenvalue weighted by Crippen LogP contribution is 2.20. The lowest BCUT2D eigenvalue weighted by Gasteiger charge is -2.31. The van der Waals surface area contributed by atoms with Gasteiger partial charge in [0.15, 0.2) is 0 Å². The third-order valence-corrected chi connectivity index (χ3v) is 2.97. The minimum atomic E-state index is 0.0731. The van der Waals surface area contributed by atoms with Crippen molar-refractivity contribution in [3.8, 4) is 0 Å². The van der Waals surface area contributed by atoms with E-state index in [9.17, 15) is 0 Å². The number of aliphatic hydroxyl groups is 1. The molecule has 1 saturated heterocycles. The monoisotopic (exact) mass is 206 g/mol. The van der Waals surface area contributed by atoms with Crippen LogP contribution < -0.4 is 4.90 Å². The summed E-state index contributed by atoms with van der Waals surface area (Å²) in [5.41, 5.74) is 0.879. The Morgan fingerprint density at radius 3 is 3.00 bits per heavy atom. The fraction of sp³-hybridized carbons (Fsp3) is 0.583. The Kier molecular flexibility index (Phi) is 3.21. The average Bonchev–Trinajstić information content (AvgIpc) is 2.29. The molecule has 1 fully saturated rings. The molecule has 1 unspecified atom stereocenters. The molecule has 1 N–H and O–H groups in total. The van der Waals surface area contributed by atoms with E-state index < -0.39 is 0 Å². The largest absolute Gasteiger partial charge is 0.392 e. The van der Waals surface area contributed by atoms with Crippen molar-refractivity contribution in [2.24, 2.45) is 5.92 Å². The number of nitrogens with zero attached hydrogens (tertiary/aromatic N) is 2. The van der Waals surface area contributed by atoms with Crippen molar-refractivity contribution in [2.75, 3.05) is 18.0 Å². The number of anilines is 1. The quantitative estimate of drug-likeness (QED) is 0.801. The molecule has 82 valence electrons. The second-order valence-corrected chi connectivity index (χ2v) is 4.38. The highest BCUT2D eigenvalue weighted by atomic mass is 16.3. The van der Waals surface area contributed by atoms with Crippen LogP contribution in [0.5, 0.6) is 0 Å². The summed E-state index contributed by atoms with van der Waals surface area (Å²) in [6.07, 6.45) is 4.34. The van der Waals surface area contributed by atoms with Gasteiger partial charge in [-0.1, -0.05) is 13.0 Å². The predicted octanol–water partition coefficient (Wildman–Crippen LogP) is 1.81. The van der Waals surface area contributed by atoms with Crippen molar-refractivity contribution in [3.63, 3.8) is 0 Å². The van der Waals surface area contributed by atoms with Gasteiger partial charge in [-0.15, -0.1) is 0 Å². The van der Waals surface area contributed by atoms with E-state index in [1.165, 1.54) is 12.8 Å². The fourth-order valence-electron chi connectivity index (χ4n) is 2.09. The van der Waals surface area contributed by atoms with Gasteiger partial charge in [0.1, 0.15) is 5.82 Å². The maximum Gasteiger partial charge on any atom is 0.128 e. The molecule has 0 spiro atoms. The van der Waals surface area contributed by atoms with Crippen molar-refractivity contribution in [1.29, 1.82) is 0 Å². The molecule has 15 heavy (non-hydrogen) atoms. The van der Waals surface area contributed by atoms with E-state index in [2.05, 4.69) is 16.8 Å². The van der Waals surface area contributed by atoms with E-state index in [0.717, 1.165) is 30.4 Å². The van der Waals surface area contributed by atoms with Gasteiger partial charge in [0, 0.05) is 19.3 Å². The summed E-state index contributed by atoms with van der Waals surface area (Å²) >= 11 is 0. The molecule has 0 saturated carbocycles. The maximum absolute atomic E-state index is 8.93. The van der Waals surface area contributed by atoms with Gasteiger partial charge in [-0.25, -0.2) is 4.98 Å². The molecular weight excluding hydrogens is 188 g/mol. The standard InChI is InChI=1S/C12H18N2O/c1-10-3-2-6-14(8-10)12-5-4-11(9-15)7-13-12/h4-5,7,10,15H,2-3,6,8-9H2,1H3. The van der Waals surface area contributed by atoms with Crippen LogP contribution in [0.3, 0.4) is 0 Å². The van der Waals surface area contributed by atoms with Crippen LogP contribution >= 0.6 is 0 Å². The number of rotatable bonds is 2. The third-order valence-electron chi connectivity index (χ3n) is 2.97. The van der Waals surface area contributed by atoms with Crippen LogP contribution in [0.1, 0.15) is 25.3 Å². The second kappa shape index (κ2) is 4.62. The molecule has 2 heterocycles. The van der Waals surface area contributed by atoms with Gasteiger partial charge in [-0.05, 0) is 30.4 Å². The first-order chi connectivity index (χ1) is 7.29. The van der Waals surface area contributed by atoms with Crippen molar-refractivity contribution < 1.29 is 5.11 Å². The van der Waals surface area contributed by atoms with E-state index in [1.54, 1.807) is 6.20 Å². The molecule has 0 aromatic carbocycles.